The van der Waals surface area contributed by atoms with Crippen molar-refractivity contribution in [3.05, 3.63) is 35.8 Å². The van der Waals surface area contributed by atoms with Crippen LogP contribution in [0.4, 0.5) is 9.18 Å². The van der Waals surface area contributed by atoms with Gasteiger partial charge in [-0.3, -0.25) is 0 Å². The van der Waals surface area contributed by atoms with Crippen molar-refractivity contribution in [1.29, 1.82) is 0 Å². The van der Waals surface area contributed by atoms with E-state index in [0.717, 1.165) is 22.9 Å². The number of rotatable bonds is 1. The molecule has 1 aromatic heterocycles. The van der Waals surface area contributed by atoms with E-state index in [4.69, 9.17) is 4.74 Å². The summed E-state index contributed by atoms with van der Waals surface area (Å²) in [6, 6.07) is 5.07. The Morgan fingerprint density at radius 2 is 2.09 bits per heavy atom. The van der Waals surface area contributed by atoms with Crippen LogP contribution >= 0.6 is 0 Å². The normalized spacial score (nSPS) is 18.7. The molecule has 0 N–H and O–H groups in total. The molecular weight excluding hydrogens is 295 g/mol. The van der Waals surface area contributed by atoms with Crippen LogP contribution in [0.5, 0.6) is 0 Å². The summed E-state index contributed by atoms with van der Waals surface area (Å²) < 4.78 is 21.1. The smallest absolute Gasteiger partial charge is 0.410 e. The molecule has 124 valence electrons. The Morgan fingerprint density at radius 1 is 1.35 bits per heavy atom. The number of aromatic nitrogens is 1. The van der Waals surface area contributed by atoms with Crippen molar-refractivity contribution < 1.29 is 13.9 Å². The van der Waals surface area contributed by atoms with Gasteiger partial charge in [0.25, 0.3) is 0 Å². The van der Waals surface area contributed by atoms with Crippen molar-refractivity contribution in [2.75, 3.05) is 13.1 Å². The van der Waals surface area contributed by atoms with Crippen LogP contribution < -0.4 is 0 Å². The van der Waals surface area contributed by atoms with Gasteiger partial charge in [-0.15, -0.1) is 0 Å². The highest BCUT2D eigenvalue weighted by molar-refractivity contribution is 5.84. The fraction of sp³-hybridized carbons (Fsp3) is 0.500. The molecule has 1 unspecified atom stereocenters. The number of carbonyl (C=O) groups is 1. The molecule has 1 amide bonds. The maximum atomic E-state index is 13.4. The lowest BCUT2D eigenvalue weighted by atomic mass is 10.2. The second-order valence-electron chi connectivity index (χ2n) is 7.25. The Balaban J connectivity index is 1.81. The average molecular weight is 318 g/mol. The van der Waals surface area contributed by atoms with Gasteiger partial charge in [-0.05, 0) is 57.9 Å². The first-order valence-corrected chi connectivity index (χ1v) is 7.99. The molecular formula is C18H23FN2O2. The molecule has 1 saturated heterocycles. The van der Waals surface area contributed by atoms with Gasteiger partial charge in [0.2, 0.25) is 0 Å². The van der Waals surface area contributed by atoms with Crippen molar-refractivity contribution in [3.63, 3.8) is 0 Å². The number of ether oxygens (including phenoxy) is 1. The molecule has 2 heterocycles. The molecule has 3 rings (SSSR count). The van der Waals surface area contributed by atoms with Crippen LogP contribution in [-0.4, -0.2) is 34.3 Å². The van der Waals surface area contributed by atoms with Gasteiger partial charge in [-0.1, -0.05) is 0 Å². The number of halogens is 1. The van der Waals surface area contributed by atoms with Crippen molar-refractivity contribution >= 4 is 17.0 Å². The maximum absolute atomic E-state index is 13.4. The Morgan fingerprint density at radius 3 is 2.78 bits per heavy atom. The summed E-state index contributed by atoms with van der Waals surface area (Å²) in [6.07, 6.45) is 2.66. The van der Waals surface area contributed by atoms with E-state index in [-0.39, 0.29) is 18.0 Å². The lowest BCUT2D eigenvalue weighted by Gasteiger charge is -2.24. The van der Waals surface area contributed by atoms with Crippen LogP contribution in [0.15, 0.2) is 24.4 Å². The molecule has 0 radical (unpaired) electrons. The number of hydrogen-bond acceptors (Lipinski definition) is 2. The summed E-state index contributed by atoms with van der Waals surface area (Å²) in [5.41, 5.74) is 1.58. The zero-order valence-electron chi connectivity index (χ0n) is 14.1. The first kappa shape index (κ1) is 15.8. The quantitative estimate of drug-likeness (QED) is 0.787. The van der Waals surface area contributed by atoms with E-state index in [0.29, 0.717) is 13.1 Å². The summed E-state index contributed by atoms with van der Waals surface area (Å²) in [5, 5.41) is 0.931. The third kappa shape index (κ3) is 3.19. The minimum atomic E-state index is -0.483. The number of hydrogen-bond donors (Lipinski definition) is 0. The Kier molecular flexibility index (Phi) is 3.82. The molecule has 1 aliphatic heterocycles. The largest absolute Gasteiger partial charge is 0.444 e. The number of nitrogens with zero attached hydrogens (tertiary/aromatic N) is 2. The molecule has 0 saturated carbocycles. The highest BCUT2D eigenvalue weighted by atomic mass is 19.1. The second kappa shape index (κ2) is 5.55. The zero-order chi connectivity index (χ0) is 16.8. The zero-order valence-corrected chi connectivity index (χ0v) is 14.1. The number of aryl methyl sites for hydroxylation is 1. The standard InChI is InChI=1S/C18H23FN2O2/c1-12-10-21(16-6-5-13(19)9-15(12)16)14-7-8-20(11-14)17(22)23-18(2,3)4/h5-6,9-10,14H,7-8,11H2,1-4H3. The molecule has 4 nitrogen and oxygen atoms in total. The summed E-state index contributed by atoms with van der Waals surface area (Å²) in [6.45, 7) is 8.90. The number of amides is 1. The molecule has 5 heteroatoms. The number of benzene rings is 1. The minimum Gasteiger partial charge on any atom is -0.444 e. The SMILES string of the molecule is Cc1cn(C2CCN(C(=O)OC(C)(C)C)C2)c2ccc(F)cc12. The molecule has 1 aliphatic rings. The van der Waals surface area contributed by atoms with Gasteiger partial charge in [0, 0.05) is 30.2 Å². The van der Waals surface area contributed by atoms with Crippen molar-refractivity contribution in [2.24, 2.45) is 0 Å². The highest BCUT2D eigenvalue weighted by Crippen LogP contribution is 2.30. The molecule has 1 aromatic carbocycles. The Bertz CT molecular complexity index is 745. The van der Waals surface area contributed by atoms with Crippen LogP contribution in [0.2, 0.25) is 0 Å². The summed E-state index contributed by atoms with van der Waals surface area (Å²) >= 11 is 0. The molecule has 0 spiro atoms. The van der Waals surface area contributed by atoms with Crippen molar-refractivity contribution in [3.8, 4) is 0 Å². The molecule has 2 aromatic rings. The Labute approximate surface area is 135 Å². The lowest BCUT2D eigenvalue weighted by Crippen LogP contribution is -2.35. The first-order valence-electron chi connectivity index (χ1n) is 7.99. The van der Waals surface area contributed by atoms with Gasteiger partial charge in [0.05, 0.1) is 6.04 Å². The molecule has 1 fully saturated rings. The van der Waals surface area contributed by atoms with Gasteiger partial charge in [-0.2, -0.15) is 0 Å². The van der Waals surface area contributed by atoms with Crippen LogP contribution in [0.25, 0.3) is 10.9 Å². The fourth-order valence-electron chi connectivity index (χ4n) is 3.16. The van der Waals surface area contributed by atoms with Crippen LogP contribution in [0.3, 0.4) is 0 Å². The van der Waals surface area contributed by atoms with Crippen molar-refractivity contribution in [1.82, 2.24) is 9.47 Å². The van der Waals surface area contributed by atoms with Gasteiger partial charge < -0.3 is 14.2 Å². The van der Waals surface area contributed by atoms with Crippen molar-refractivity contribution in [2.45, 2.75) is 45.8 Å². The third-order valence-corrected chi connectivity index (χ3v) is 4.20. The number of fused-ring (bicyclic) bond motifs is 1. The second-order valence-corrected chi connectivity index (χ2v) is 7.25. The predicted octanol–water partition coefficient (Wildman–Crippen LogP) is 4.27. The third-order valence-electron chi connectivity index (χ3n) is 4.20. The summed E-state index contributed by atoms with van der Waals surface area (Å²) in [4.78, 5) is 13.9. The van der Waals surface area contributed by atoms with Gasteiger partial charge >= 0.3 is 6.09 Å². The van der Waals surface area contributed by atoms with E-state index in [1.165, 1.54) is 6.07 Å². The lowest BCUT2D eigenvalue weighted by molar-refractivity contribution is 0.0289. The molecule has 0 bridgehead atoms. The first-order chi connectivity index (χ1) is 10.7. The topological polar surface area (TPSA) is 34.5 Å². The van der Waals surface area contributed by atoms with Gasteiger partial charge in [0.15, 0.2) is 0 Å². The van der Waals surface area contributed by atoms with E-state index in [2.05, 4.69) is 4.57 Å². The molecule has 23 heavy (non-hydrogen) atoms. The number of carbonyl (C=O) groups excluding carboxylic acids is 1. The van der Waals surface area contributed by atoms with E-state index in [1.807, 2.05) is 40.0 Å². The highest BCUT2D eigenvalue weighted by Gasteiger charge is 2.31. The fourth-order valence-corrected chi connectivity index (χ4v) is 3.16. The number of likely N-dealkylation sites (tertiary alicyclic amines) is 1. The van der Waals surface area contributed by atoms with E-state index in [9.17, 15) is 9.18 Å². The predicted molar refractivity (Wildman–Crippen MR) is 88.1 cm³/mol. The molecule has 0 aliphatic carbocycles. The average Bonchev–Trinajstić information content (AvgIpc) is 3.02. The monoisotopic (exact) mass is 318 g/mol. The molecule has 1 atom stereocenters. The van der Waals surface area contributed by atoms with Crippen LogP contribution in [-0.2, 0) is 4.74 Å². The van der Waals surface area contributed by atoms with Crippen LogP contribution in [0.1, 0.15) is 38.8 Å². The minimum absolute atomic E-state index is 0.198. The Hall–Kier alpha value is -2.04. The van der Waals surface area contributed by atoms with E-state index >= 15 is 0 Å². The summed E-state index contributed by atoms with van der Waals surface area (Å²) in [7, 11) is 0. The maximum Gasteiger partial charge on any atom is 0.410 e. The van der Waals surface area contributed by atoms with Gasteiger partial charge in [-0.25, -0.2) is 9.18 Å². The summed E-state index contributed by atoms with van der Waals surface area (Å²) in [5.74, 6) is -0.222. The van der Waals surface area contributed by atoms with Crippen LogP contribution in [0, 0.1) is 12.7 Å². The van der Waals surface area contributed by atoms with E-state index in [1.54, 1.807) is 11.0 Å². The van der Waals surface area contributed by atoms with Gasteiger partial charge in [0.1, 0.15) is 11.4 Å². The van der Waals surface area contributed by atoms with E-state index < -0.39 is 5.60 Å².